The van der Waals surface area contributed by atoms with Crippen LogP contribution in [0, 0.1) is 13.8 Å². The van der Waals surface area contributed by atoms with E-state index >= 15 is 0 Å². The highest BCUT2D eigenvalue weighted by molar-refractivity contribution is 7.09. The average Bonchev–Trinajstić information content (AvgIpc) is 3.43. The van der Waals surface area contributed by atoms with Gasteiger partial charge < -0.3 is 19.1 Å². The minimum absolute atomic E-state index is 0.0429. The molecule has 6 nitrogen and oxygen atoms in total. The van der Waals surface area contributed by atoms with Crippen molar-refractivity contribution in [3.05, 3.63) is 69.2 Å². The van der Waals surface area contributed by atoms with Gasteiger partial charge in [0, 0.05) is 17.0 Å². The molecule has 1 amide bonds. The van der Waals surface area contributed by atoms with Gasteiger partial charge in [-0.05, 0) is 68.7 Å². The van der Waals surface area contributed by atoms with Gasteiger partial charge in [-0.3, -0.25) is 4.79 Å². The minimum Gasteiger partial charge on any atom is -0.486 e. The normalized spacial score (nSPS) is 13.1. The fraction of sp³-hybridized carbons (Fsp3) is 0.360. The Morgan fingerprint density at radius 1 is 1.16 bits per heavy atom. The highest BCUT2D eigenvalue weighted by atomic mass is 32.1. The molecule has 0 radical (unpaired) electrons. The number of amides is 1. The minimum atomic E-state index is -0.0429. The van der Waals surface area contributed by atoms with E-state index in [1.807, 2.05) is 22.4 Å². The molecule has 1 aliphatic heterocycles. The second-order valence-electron chi connectivity index (χ2n) is 8.10. The number of carbonyl (C=O) groups excluding carboxylic acids is 1. The summed E-state index contributed by atoms with van der Waals surface area (Å²) < 4.78 is 16.7. The van der Waals surface area contributed by atoms with Crippen LogP contribution in [0.4, 0.5) is 0 Å². The number of thiazole rings is 1. The van der Waals surface area contributed by atoms with Crippen LogP contribution in [0.25, 0.3) is 0 Å². The number of aromatic nitrogens is 1. The topological polar surface area (TPSA) is 60.9 Å². The van der Waals surface area contributed by atoms with Gasteiger partial charge in [0.15, 0.2) is 11.5 Å². The van der Waals surface area contributed by atoms with Gasteiger partial charge in [-0.15, -0.1) is 11.3 Å². The number of hydrogen-bond acceptors (Lipinski definition) is 6. The molecule has 4 rings (SSSR count). The predicted octanol–water partition coefficient (Wildman–Crippen LogP) is 5.51. The quantitative estimate of drug-likeness (QED) is 0.451. The Kier molecular flexibility index (Phi) is 6.65. The van der Waals surface area contributed by atoms with E-state index < -0.39 is 0 Å². The van der Waals surface area contributed by atoms with Crippen LogP contribution in [-0.4, -0.2) is 28.6 Å². The summed E-state index contributed by atoms with van der Waals surface area (Å²) >= 11 is 1.55. The fourth-order valence-corrected chi connectivity index (χ4v) is 4.36. The molecule has 0 unspecified atom stereocenters. The monoisotopic (exact) mass is 452 g/mol. The van der Waals surface area contributed by atoms with E-state index in [1.54, 1.807) is 29.5 Å². The highest BCUT2D eigenvalue weighted by Crippen LogP contribution is 2.33. The van der Waals surface area contributed by atoms with Gasteiger partial charge in [0.25, 0.3) is 5.91 Å². The van der Waals surface area contributed by atoms with Crippen LogP contribution >= 0.6 is 11.3 Å². The number of rotatable bonds is 8. The molecule has 0 saturated carbocycles. The zero-order chi connectivity index (χ0) is 22.7. The van der Waals surface area contributed by atoms with Crippen molar-refractivity contribution in [3.63, 3.8) is 0 Å². The van der Waals surface area contributed by atoms with Crippen LogP contribution in [0.3, 0.4) is 0 Å². The molecule has 0 bridgehead atoms. The van der Waals surface area contributed by atoms with Crippen molar-refractivity contribution in [1.82, 2.24) is 9.88 Å². The molecular weight excluding hydrogens is 424 g/mol. The molecule has 7 heteroatoms. The molecule has 0 spiro atoms. The summed E-state index contributed by atoms with van der Waals surface area (Å²) in [4.78, 5) is 19.9. The maximum absolute atomic E-state index is 13.3. The third kappa shape index (κ3) is 5.05. The Hall–Kier alpha value is -3.06. The highest BCUT2D eigenvalue weighted by Gasteiger charge is 2.24. The van der Waals surface area contributed by atoms with Gasteiger partial charge in [0.2, 0.25) is 6.79 Å². The standard InChI is InChI=1S/C25H28N2O4S/c1-5-18(4)27(25(28)19-6-7-22-23(11-19)31-15-30-22)12-20-14-32-24(26-20)13-29-21-9-16(2)8-17(3)10-21/h6-11,14,18H,5,12-13,15H2,1-4H3/t18-/m0/s1. The molecule has 0 saturated heterocycles. The first-order valence-electron chi connectivity index (χ1n) is 10.8. The molecule has 1 aliphatic rings. The van der Waals surface area contributed by atoms with Crippen molar-refractivity contribution in [1.29, 1.82) is 0 Å². The van der Waals surface area contributed by atoms with E-state index in [-0.39, 0.29) is 18.7 Å². The van der Waals surface area contributed by atoms with Gasteiger partial charge >= 0.3 is 0 Å². The Labute approximate surface area is 192 Å². The Bertz CT molecular complexity index is 1090. The lowest BCUT2D eigenvalue weighted by Crippen LogP contribution is -2.37. The third-order valence-electron chi connectivity index (χ3n) is 5.49. The van der Waals surface area contributed by atoms with Crippen molar-refractivity contribution >= 4 is 17.2 Å². The summed E-state index contributed by atoms with van der Waals surface area (Å²) in [6, 6.07) is 11.6. The van der Waals surface area contributed by atoms with Gasteiger partial charge in [-0.25, -0.2) is 4.98 Å². The summed E-state index contributed by atoms with van der Waals surface area (Å²) in [7, 11) is 0. The third-order valence-corrected chi connectivity index (χ3v) is 6.36. The van der Waals surface area contributed by atoms with Crippen molar-refractivity contribution in [2.45, 2.75) is 53.3 Å². The van der Waals surface area contributed by atoms with E-state index in [9.17, 15) is 4.79 Å². The van der Waals surface area contributed by atoms with Crippen molar-refractivity contribution in [2.24, 2.45) is 0 Å². The summed E-state index contributed by atoms with van der Waals surface area (Å²) in [5.41, 5.74) is 3.80. The lowest BCUT2D eigenvalue weighted by Gasteiger charge is -2.28. The number of nitrogens with zero attached hydrogens (tertiary/aromatic N) is 2. The lowest BCUT2D eigenvalue weighted by molar-refractivity contribution is 0.0668. The fourth-order valence-electron chi connectivity index (χ4n) is 3.67. The molecule has 3 aromatic rings. The summed E-state index contributed by atoms with van der Waals surface area (Å²) in [5, 5.41) is 2.89. The first-order chi connectivity index (χ1) is 15.4. The number of benzene rings is 2. The van der Waals surface area contributed by atoms with E-state index in [2.05, 4.69) is 33.8 Å². The van der Waals surface area contributed by atoms with E-state index in [0.29, 0.717) is 30.2 Å². The van der Waals surface area contributed by atoms with Crippen LogP contribution in [0.5, 0.6) is 17.2 Å². The van der Waals surface area contributed by atoms with E-state index in [0.717, 1.165) is 22.9 Å². The number of hydrogen-bond donors (Lipinski definition) is 0. The summed E-state index contributed by atoms with van der Waals surface area (Å²) in [6.07, 6.45) is 0.850. The lowest BCUT2D eigenvalue weighted by atomic mass is 10.1. The van der Waals surface area contributed by atoms with Gasteiger partial charge in [-0.2, -0.15) is 0 Å². The number of fused-ring (bicyclic) bond motifs is 1. The Balaban J connectivity index is 1.45. The SMILES string of the molecule is CC[C@H](C)N(Cc1csc(COc2cc(C)cc(C)c2)n1)C(=O)c1ccc2c(c1)OCO2. The number of aryl methyl sites for hydroxylation is 2. The zero-order valence-electron chi connectivity index (χ0n) is 18.9. The summed E-state index contributed by atoms with van der Waals surface area (Å²) in [6.45, 7) is 9.29. The first kappa shape index (κ1) is 22.1. The summed E-state index contributed by atoms with van der Waals surface area (Å²) in [5.74, 6) is 2.08. The molecule has 32 heavy (non-hydrogen) atoms. The molecular formula is C25H28N2O4S. The second-order valence-corrected chi connectivity index (χ2v) is 9.05. The zero-order valence-corrected chi connectivity index (χ0v) is 19.7. The molecule has 168 valence electrons. The smallest absolute Gasteiger partial charge is 0.254 e. The molecule has 1 aromatic heterocycles. The Morgan fingerprint density at radius 2 is 1.91 bits per heavy atom. The molecule has 0 N–H and O–H groups in total. The van der Waals surface area contributed by atoms with Crippen LogP contribution in [0.1, 0.15) is 52.5 Å². The molecule has 1 atom stereocenters. The van der Waals surface area contributed by atoms with Gasteiger partial charge in [0.05, 0.1) is 12.2 Å². The largest absolute Gasteiger partial charge is 0.486 e. The van der Waals surface area contributed by atoms with Crippen molar-refractivity contribution in [2.75, 3.05) is 6.79 Å². The maximum Gasteiger partial charge on any atom is 0.254 e. The van der Waals surface area contributed by atoms with Crippen molar-refractivity contribution < 1.29 is 19.0 Å². The van der Waals surface area contributed by atoms with Crippen LogP contribution < -0.4 is 14.2 Å². The van der Waals surface area contributed by atoms with Crippen LogP contribution in [0.15, 0.2) is 41.8 Å². The predicted molar refractivity (Wildman–Crippen MR) is 125 cm³/mol. The maximum atomic E-state index is 13.3. The van der Waals surface area contributed by atoms with Gasteiger partial charge in [0.1, 0.15) is 17.4 Å². The van der Waals surface area contributed by atoms with E-state index in [1.165, 1.54) is 11.1 Å². The average molecular weight is 453 g/mol. The van der Waals surface area contributed by atoms with Crippen LogP contribution in [0.2, 0.25) is 0 Å². The molecule has 0 fully saturated rings. The second kappa shape index (κ2) is 9.61. The first-order valence-corrected chi connectivity index (χ1v) is 11.7. The molecule has 0 aliphatic carbocycles. The van der Waals surface area contributed by atoms with E-state index in [4.69, 9.17) is 19.2 Å². The molecule has 2 heterocycles. The number of carbonyl (C=O) groups is 1. The van der Waals surface area contributed by atoms with Crippen LogP contribution in [-0.2, 0) is 13.2 Å². The molecule has 2 aromatic carbocycles. The van der Waals surface area contributed by atoms with Crippen molar-refractivity contribution in [3.8, 4) is 17.2 Å². The Morgan fingerprint density at radius 3 is 2.66 bits per heavy atom. The van der Waals surface area contributed by atoms with Gasteiger partial charge in [-0.1, -0.05) is 13.0 Å². The number of ether oxygens (including phenoxy) is 3.